The van der Waals surface area contributed by atoms with Crippen molar-refractivity contribution in [3.05, 3.63) is 28.8 Å². The maximum absolute atomic E-state index is 12.2. The molecule has 96 valence electrons. The van der Waals surface area contributed by atoms with Crippen LogP contribution in [-0.4, -0.2) is 17.4 Å². The molecule has 0 fully saturated rings. The molecule has 0 amide bonds. The van der Waals surface area contributed by atoms with Crippen LogP contribution >= 0.6 is 11.6 Å². The van der Waals surface area contributed by atoms with Crippen molar-refractivity contribution >= 4 is 17.6 Å². The summed E-state index contributed by atoms with van der Waals surface area (Å²) in [6, 6.07) is 3.45. The zero-order valence-corrected chi connectivity index (χ0v) is 9.34. The van der Waals surface area contributed by atoms with E-state index in [1.807, 2.05) is 0 Å². The summed E-state index contributed by atoms with van der Waals surface area (Å²) in [7, 11) is 0. The van der Waals surface area contributed by atoms with E-state index in [1.165, 1.54) is 6.07 Å². The number of benzene rings is 1. The van der Waals surface area contributed by atoms with Crippen molar-refractivity contribution in [2.45, 2.75) is 12.2 Å². The Bertz CT molecular complexity index is 522. The van der Waals surface area contributed by atoms with Gasteiger partial charge in [0.05, 0.1) is 11.4 Å². The summed E-state index contributed by atoms with van der Waals surface area (Å²) in [4.78, 5) is 10.8. The molecular weight excluding hydrogens is 275 g/mol. The minimum atomic E-state index is -5.04. The number of carboxylic acids is 1. The third-order valence-corrected chi connectivity index (χ3v) is 2.23. The predicted octanol–water partition coefficient (Wildman–Crippen LogP) is 2.89. The third-order valence-electron chi connectivity index (χ3n) is 1.94. The molecule has 0 spiro atoms. The molecular formula is C10H5ClF3NO3. The molecule has 4 nitrogen and oxygen atoms in total. The van der Waals surface area contributed by atoms with Gasteiger partial charge in [-0.1, -0.05) is 6.07 Å². The van der Waals surface area contributed by atoms with Crippen molar-refractivity contribution in [1.82, 2.24) is 0 Å². The summed E-state index contributed by atoms with van der Waals surface area (Å²) in [6.07, 6.45) is -5.04. The van der Waals surface area contributed by atoms with Gasteiger partial charge in [0.2, 0.25) is 0 Å². The summed E-state index contributed by atoms with van der Waals surface area (Å²) < 4.78 is 40.2. The van der Waals surface area contributed by atoms with Crippen LogP contribution in [0.3, 0.4) is 0 Å². The van der Waals surface area contributed by atoms with Gasteiger partial charge in [-0.15, -0.1) is 24.8 Å². The zero-order chi connectivity index (χ0) is 13.9. The average molecular weight is 280 g/mol. The molecule has 0 saturated heterocycles. The molecule has 0 aliphatic rings. The number of halogens is 4. The van der Waals surface area contributed by atoms with Gasteiger partial charge in [-0.25, -0.2) is 4.79 Å². The molecule has 0 aliphatic carbocycles. The van der Waals surface area contributed by atoms with E-state index in [1.54, 1.807) is 0 Å². The number of nitriles is 1. The lowest BCUT2D eigenvalue weighted by Gasteiger charge is -2.14. The third kappa shape index (κ3) is 3.05. The fourth-order valence-corrected chi connectivity index (χ4v) is 1.46. The van der Waals surface area contributed by atoms with Gasteiger partial charge >= 0.3 is 12.3 Å². The molecule has 1 N–H and O–H groups in total. The Morgan fingerprint density at radius 2 is 2.11 bits per heavy atom. The average Bonchev–Trinajstić information content (AvgIpc) is 2.26. The monoisotopic (exact) mass is 279 g/mol. The molecule has 0 atom stereocenters. The number of alkyl halides is 4. The molecule has 0 saturated carbocycles. The van der Waals surface area contributed by atoms with E-state index in [4.69, 9.17) is 22.0 Å². The molecule has 0 heterocycles. The van der Waals surface area contributed by atoms with Crippen molar-refractivity contribution in [3.8, 4) is 11.8 Å². The highest BCUT2D eigenvalue weighted by atomic mass is 35.5. The number of carboxylic acid groups (broad SMARTS) is 1. The first-order chi connectivity index (χ1) is 8.30. The fraction of sp³-hybridized carbons (Fsp3) is 0.200. The van der Waals surface area contributed by atoms with Gasteiger partial charge in [-0.3, -0.25) is 0 Å². The summed E-state index contributed by atoms with van der Waals surface area (Å²) in [5.74, 6) is -2.75. The SMILES string of the molecule is N#Cc1c(C(=O)O)ccc(CCl)c1OC(F)(F)F. The van der Waals surface area contributed by atoms with Gasteiger partial charge in [0, 0.05) is 5.56 Å². The Morgan fingerprint density at radius 3 is 2.50 bits per heavy atom. The molecule has 0 aromatic heterocycles. The molecule has 18 heavy (non-hydrogen) atoms. The van der Waals surface area contributed by atoms with Crippen molar-refractivity contribution in [2.75, 3.05) is 0 Å². The normalized spacial score (nSPS) is 10.8. The lowest BCUT2D eigenvalue weighted by molar-refractivity contribution is -0.275. The Balaban J connectivity index is 3.48. The quantitative estimate of drug-likeness (QED) is 0.864. The number of hydrogen-bond donors (Lipinski definition) is 1. The van der Waals surface area contributed by atoms with Crippen molar-refractivity contribution in [3.63, 3.8) is 0 Å². The first-order valence-corrected chi connectivity index (χ1v) is 4.94. The number of nitrogens with zero attached hydrogens (tertiary/aromatic N) is 1. The first-order valence-electron chi connectivity index (χ1n) is 4.41. The van der Waals surface area contributed by atoms with Gasteiger partial charge in [-0.2, -0.15) is 5.26 Å². The van der Waals surface area contributed by atoms with E-state index in [-0.39, 0.29) is 11.4 Å². The highest BCUT2D eigenvalue weighted by Crippen LogP contribution is 2.33. The van der Waals surface area contributed by atoms with Gasteiger partial charge in [0.15, 0.2) is 5.75 Å². The molecule has 0 aliphatic heterocycles. The van der Waals surface area contributed by atoms with Gasteiger partial charge in [0.1, 0.15) is 11.6 Å². The maximum Gasteiger partial charge on any atom is 0.573 e. The predicted molar refractivity (Wildman–Crippen MR) is 54.4 cm³/mol. The first kappa shape index (κ1) is 14.1. The second-order valence-corrected chi connectivity index (χ2v) is 3.34. The van der Waals surface area contributed by atoms with E-state index < -0.39 is 29.2 Å². The maximum atomic E-state index is 12.2. The van der Waals surface area contributed by atoms with E-state index in [0.29, 0.717) is 0 Å². The van der Waals surface area contributed by atoms with Crippen LogP contribution in [0.2, 0.25) is 0 Å². The lowest BCUT2D eigenvalue weighted by Crippen LogP contribution is -2.19. The van der Waals surface area contributed by atoms with E-state index in [2.05, 4.69) is 4.74 Å². The molecule has 0 radical (unpaired) electrons. The second kappa shape index (κ2) is 5.14. The largest absolute Gasteiger partial charge is 0.573 e. The molecule has 1 aromatic carbocycles. The number of ether oxygens (including phenoxy) is 1. The number of hydrogen-bond acceptors (Lipinski definition) is 3. The van der Waals surface area contributed by atoms with Gasteiger partial charge in [-0.05, 0) is 6.07 Å². The van der Waals surface area contributed by atoms with E-state index in [9.17, 15) is 18.0 Å². The van der Waals surface area contributed by atoms with Crippen LogP contribution in [0.15, 0.2) is 12.1 Å². The Labute approximate surface area is 104 Å². The van der Waals surface area contributed by atoms with Gasteiger partial charge < -0.3 is 9.84 Å². The van der Waals surface area contributed by atoms with E-state index >= 15 is 0 Å². The molecule has 8 heteroatoms. The van der Waals surface area contributed by atoms with Crippen molar-refractivity contribution < 1.29 is 27.8 Å². The van der Waals surface area contributed by atoms with Crippen LogP contribution in [-0.2, 0) is 5.88 Å². The zero-order valence-electron chi connectivity index (χ0n) is 8.58. The minimum absolute atomic E-state index is 0.115. The van der Waals surface area contributed by atoms with Crippen LogP contribution < -0.4 is 4.74 Å². The van der Waals surface area contributed by atoms with Crippen molar-refractivity contribution in [1.29, 1.82) is 5.26 Å². The van der Waals surface area contributed by atoms with Crippen molar-refractivity contribution in [2.24, 2.45) is 0 Å². The topological polar surface area (TPSA) is 70.3 Å². The van der Waals surface area contributed by atoms with Crippen LogP contribution in [0, 0.1) is 11.3 Å². The number of aromatic carboxylic acids is 1. The standard InChI is InChI=1S/C10H5ClF3NO3/c11-3-5-1-2-6(9(16)17)7(4-15)8(5)18-10(12,13)14/h1-2H,3H2,(H,16,17). The van der Waals surface area contributed by atoms with E-state index in [0.717, 1.165) is 12.1 Å². The summed E-state index contributed by atoms with van der Waals surface area (Å²) in [5, 5.41) is 17.5. The lowest BCUT2D eigenvalue weighted by atomic mass is 10.0. The van der Waals surface area contributed by atoms with Crippen LogP contribution in [0.1, 0.15) is 21.5 Å². The fourth-order valence-electron chi connectivity index (χ4n) is 1.25. The smallest absolute Gasteiger partial charge is 0.478 e. The Morgan fingerprint density at radius 1 is 1.50 bits per heavy atom. The van der Waals surface area contributed by atoms with Crippen LogP contribution in [0.4, 0.5) is 13.2 Å². The Hall–Kier alpha value is -1.94. The van der Waals surface area contributed by atoms with Crippen LogP contribution in [0.5, 0.6) is 5.75 Å². The highest BCUT2D eigenvalue weighted by Gasteiger charge is 2.34. The minimum Gasteiger partial charge on any atom is -0.478 e. The number of rotatable bonds is 3. The van der Waals surface area contributed by atoms with Gasteiger partial charge in [0.25, 0.3) is 0 Å². The second-order valence-electron chi connectivity index (χ2n) is 3.07. The number of carbonyl (C=O) groups is 1. The molecule has 1 aromatic rings. The Kier molecular flexibility index (Phi) is 4.03. The molecule has 1 rings (SSSR count). The summed E-state index contributed by atoms with van der Waals surface area (Å²) in [5.41, 5.74) is -1.40. The van der Waals surface area contributed by atoms with Crippen LogP contribution in [0.25, 0.3) is 0 Å². The summed E-state index contributed by atoms with van der Waals surface area (Å²) >= 11 is 5.42. The molecule has 0 unspecified atom stereocenters. The highest BCUT2D eigenvalue weighted by molar-refractivity contribution is 6.17. The summed E-state index contributed by atoms with van der Waals surface area (Å²) in [6.45, 7) is 0. The molecule has 0 bridgehead atoms.